The Hall–Kier alpha value is -0.480. The molecule has 0 spiro atoms. The van der Waals surface area contributed by atoms with E-state index in [1.54, 1.807) is 0 Å². The number of hydrogen-bond donors (Lipinski definition) is 1. The standard InChI is InChI=1S/C13H22N2OS/c1-12(2)8-13(16,10-17-9-12)6-4-11-5-7-14-15(11)3/h5,7,16H,4,6,8-10H2,1-3H3. The van der Waals surface area contributed by atoms with Crippen LogP contribution in [0.3, 0.4) is 0 Å². The van der Waals surface area contributed by atoms with Crippen molar-refractivity contribution in [1.29, 1.82) is 0 Å². The molecule has 2 rings (SSSR count). The fourth-order valence-electron chi connectivity index (χ4n) is 2.68. The van der Waals surface area contributed by atoms with Gasteiger partial charge in [-0.1, -0.05) is 13.8 Å². The molecule has 1 fully saturated rings. The minimum absolute atomic E-state index is 0.254. The minimum Gasteiger partial charge on any atom is -0.389 e. The molecule has 3 nitrogen and oxygen atoms in total. The number of rotatable bonds is 3. The van der Waals surface area contributed by atoms with E-state index in [0.29, 0.717) is 0 Å². The average molecular weight is 254 g/mol. The van der Waals surface area contributed by atoms with Crippen molar-refractivity contribution >= 4 is 11.8 Å². The summed E-state index contributed by atoms with van der Waals surface area (Å²) in [4.78, 5) is 0. The fourth-order valence-corrected chi connectivity index (χ4v) is 4.06. The molecule has 0 aliphatic carbocycles. The van der Waals surface area contributed by atoms with Crippen LogP contribution in [0.5, 0.6) is 0 Å². The maximum atomic E-state index is 10.6. The smallest absolute Gasteiger partial charge is 0.0746 e. The van der Waals surface area contributed by atoms with Crippen LogP contribution in [0.4, 0.5) is 0 Å². The zero-order valence-electron chi connectivity index (χ0n) is 10.9. The molecule has 0 amide bonds. The summed E-state index contributed by atoms with van der Waals surface area (Å²) in [5.74, 6) is 2.02. The molecule has 17 heavy (non-hydrogen) atoms. The van der Waals surface area contributed by atoms with E-state index in [0.717, 1.165) is 30.8 Å². The molecule has 1 aliphatic rings. The molecule has 0 saturated carbocycles. The Kier molecular flexibility index (Phi) is 3.55. The summed E-state index contributed by atoms with van der Waals surface area (Å²) in [5.41, 5.74) is 0.952. The Morgan fingerprint density at radius 2 is 2.24 bits per heavy atom. The van der Waals surface area contributed by atoms with E-state index in [1.165, 1.54) is 5.69 Å². The van der Waals surface area contributed by atoms with Gasteiger partial charge in [-0.15, -0.1) is 0 Å². The average Bonchev–Trinajstić information content (AvgIpc) is 2.59. The lowest BCUT2D eigenvalue weighted by Crippen LogP contribution is -2.42. The molecule has 2 heterocycles. The van der Waals surface area contributed by atoms with Crippen LogP contribution in [0.1, 0.15) is 32.4 Å². The molecule has 4 heteroatoms. The highest BCUT2D eigenvalue weighted by Gasteiger charge is 2.38. The van der Waals surface area contributed by atoms with Crippen molar-refractivity contribution in [3.63, 3.8) is 0 Å². The summed E-state index contributed by atoms with van der Waals surface area (Å²) in [6, 6.07) is 2.03. The summed E-state index contributed by atoms with van der Waals surface area (Å²) < 4.78 is 1.89. The monoisotopic (exact) mass is 254 g/mol. The van der Waals surface area contributed by atoms with Gasteiger partial charge >= 0.3 is 0 Å². The highest BCUT2D eigenvalue weighted by Crippen LogP contribution is 2.41. The lowest BCUT2D eigenvalue weighted by molar-refractivity contribution is 0.0119. The summed E-state index contributed by atoms with van der Waals surface area (Å²) in [6.07, 6.45) is 4.47. The summed E-state index contributed by atoms with van der Waals surface area (Å²) >= 11 is 1.88. The van der Waals surface area contributed by atoms with Crippen LogP contribution >= 0.6 is 11.8 Å². The van der Waals surface area contributed by atoms with Gasteiger partial charge in [-0.05, 0) is 36.5 Å². The van der Waals surface area contributed by atoms with Crippen LogP contribution in [0, 0.1) is 5.41 Å². The Bertz CT molecular complexity index is 389. The van der Waals surface area contributed by atoms with Crippen LogP contribution < -0.4 is 0 Å². The summed E-state index contributed by atoms with van der Waals surface area (Å²) in [6.45, 7) is 4.49. The predicted octanol–water partition coefficient (Wildman–Crippen LogP) is 2.25. The van der Waals surface area contributed by atoms with Crippen molar-refractivity contribution in [3.05, 3.63) is 18.0 Å². The first-order chi connectivity index (χ1) is 7.90. The van der Waals surface area contributed by atoms with E-state index in [4.69, 9.17) is 0 Å². The summed E-state index contributed by atoms with van der Waals surface area (Å²) in [5, 5.41) is 14.8. The second-order valence-electron chi connectivity index (χ2n) is 6.00. The molecular weight excluding hydrogens is 232 g/mol. The van der Waals surface area contributed by atoms with Gasteiger partial charge in [0.2, 0.25) is 0 Å². The van der Waals surface area contributed by atoms with E-state index in [1.807, 2.05) is 35.8 Å². The highest BCUT2D eigenvalue weighted by atomic mass is 32.2. The van der Waals surface area contributed by atoms with Gasteiger partial charge < -0.3 is 5.11 Å². The Labute approximate surface area is 108 Å². The molecule has 0 bridgehead atoms. The van der Waals surface area contributed by atoms with Gasteiger partial charge in [0.1, 0.15) is 0 Å². The van der Waals surface area contributed by atoms with Crippen molar-refractivity contribution in [1.82, 2.24) is 9.78 Å². The first-order valence-electron chi connectivity index (χ1n) is 6.17. The maximum Gasteiger partial charge on any atom is 0.0746 e. The van der Waals surface area contributed by atoms with Crippen molar-refractivity contribution in [2.24, 2.45) is 12.5 Å². The van der Waals surface area contributed by atoms with Crippen LogP contribution in [0.25, 0.3) is 0 Å². The van der Waals surface area contributed by atoms with Crippen LogP contribution in [-0.4, -0.2) is 32.0 Å². The zero-order chi connectivity index (χ0) is 12.5. The molecule has 1 unspecified atom stereocenters. The van der Waals surface area contributed by atoms with E-state index in [9.17, 15) is 5.11 Å². The number of aryl methyl sites for hydroxylation is 2. The van der Waals surface area contributed by atoms with Gasteiger partial charge in [0.25, 0.3) is 0 Å². The molecule has 0 radical (unpaired) electrons. The molecule has 1 N–H and O–H groups in total. The Morgan fingerprint density at radius 3 is 2.82 bits per heavy atom. The van der Waals surface area contributed by atoms with Crippen LogP contribution in [-0.2, 0) is 13.5 Å². The third-order valence-corrected chi connectivity index (χ3v) is 5.17. The largest absolute Gasteiger partial charge is 0.389 e. The third kappa shape index (κ3) is 3.26. The van der Waals surface area contributed by atoms with E-state index < -0.39 is 5.60 Å². The molecule has 1 aromatic rings. The lowest BCUT2D eigenvalue weighted by Gasteiger charge is -2.41. The van der Waals surface area contributed by atoms with E-state index in [-0.39, 0.29) is 5.41 Å². The van der Waals surface area contributed by atoms with Gasteiger partial charge in [-0.25, -0.2) is 0 Å². The van der Waals surface area contributed by atoms with Gasteiger partial charge in [0, 0.05) is 24.7 Å². The molecule has 0 aromatic carbocycles. The molecule has 1 aromatic heterocycles. The van der Waals surface area contributed by atoms with Crippen molar-refractivity contribution in [2.75, 3.05) is 11.5 Å². The summed E-state index contributed by atoms with van der Waals surface area (Å²) in [7, 11) is 1.96. The van der Waals surface area contributed by atoms with Crippen molar-refractivity contribution in [2.45, 2.75) is 38.7 Å². The van der Waals surface area contributed by atoms with Crippen LogP contribution in [0.2, 0.25) is 0 Å². The molecule has 1 aliphatic heterocycles. The second-order valence-corrected chi connectivity index (χ2v) is 6.99. The number of nitrogens with zero attached hydrogens (tertiary/aromatic N) is 2. The Balaban J connectivity index is 1.96. The predicted molar refractivity (Wildman–Crippen MR) is 72.2 cm³/mol. The highest BCUT2D eigenvalue weighted by molar-refractivity contribution is 7.99. The van der Waals surface area contributed by atoms with Crippen LogP contribution in [0.15, 0.2) is 12.3 Å². The first-order valence-corrected chi connectivity index (χ1v) is 7.33. The SMILES string of the molecule is Cn1nccc1CCC1(O)CSCC(C)(C)C1. The minimum atomic E-state index is -0.503. The van der Waals surface area contributed by atoms with Gasteiger partial charge in [0.15, 0.2) is 0 Å². The van der Waals surface area contributed by atoms with Gasteiger partial charge in [-0.2, -0.15) is 16.9 Å². The van der Waals surface area contributed by atoms with Gasteiger partial charge in [-0.3, -0.25) is 4.68 Å². The zero-order valence-corrected chi connectivity index (χ0v) is 11.8. The van der Waals surface area contributed by atoms with Crippen molar-refractivity contribution in [3.8, 4) is 0 Å². The molecule has 96 valence electrons. The Morgan fingerprint density at radius 1 is 1.47 bits per heavy atom. The number of thioether (sulfide) groups is 1. The second kappa shape index (κ2) is 4.65. The molecule has 1 saturated heterocycles. The van der Waals surface area contributed by atoms with Gasteiger partial charge in [0.05, 0.1) is 5.60 Å². The van der Waals surface area contributed by atoms with E-state index >= 15 is 0 Å². The van der Waals surface area contributed by atoms with E-state index in [2.05, 4.69) is 18.9 Å². The number of hydrogen-bond acceptors (Lipinski definition) is 3. The quantitative estimate of drug-likeness (QED) is 0.899. The lowest BCUT2D eigenvalue weighted by atomic mass is 9.79. The third-order valence-electron chi connectivity index (χ3n) is 3.44. The molecule has 1 atom stereocenters. The number of aromatic nitrogens is 2. The normalized spacial score (nSPS) is 28.2. The fraction of sp³-hybridized carbons (Fsp3) is 0.769. The topological polar surface area (TPSA) is 38.0 Å². The maximum absolute atomic E-state index is 10.6. The van der Waals surface area contributed by atoms with Crippen molar-refractivity contribution < 1.29 is 5.11 Å². The first kappa shape index (κ1) is 13.0. The molecular formula is C13H22N2OS. The number of aliphatic hydroxyl groups is 1.